The minimum atomic E-state index is 0. The number of halogens is 1. The number of hydrogen-bond donors (Lipinski definition) is 1. The van der Waals surface area contributed by atoms with E-state index in [1.807, 2.05) is 18.9 Å². The van der Waals surface area contributed by atoms with Crippen LogP contribution in [-0.4, -0.2) is 47.1 Å². The van der Waals surface area contributed by atoms with Crippen LogP contribution in [0.25, 0.3) is 0 Å². The van der Waals surface area contributed by atoms with Gasteiger partial charge in [0, 0.05) is 32.0 Å². The summed E-state index contributed by atoms with van der Waals surface area (Å²) < 4.78 is 5.41. The molecule has 1 aromatic rings. The number of piperidine rings is 1. The Bertz CT molecular complexity index is 466. The molecule has 1 aliphatic rings. The maximum absolute atomic E-state index is 12.0. The summed E-state index contributed by atoms with van der Waals surface area (Å²) in [7, 11) is 1.92. The van der Waals surface area contributed by atoms with E-state index in [4.69, 9.17) is 4.52 Å². The first-order valence-corrected chi connectivity index (χ1v) is 7.91. The molecule has 2 atom stereocenters. The molecule has 126 valence electrons. The Morgan fingerprint density at radius 1 is 1.55 bits per heavy atom. The number of rotatable bonds is 6. The van der Waals surface area contributed by atoms with E-state index < -0.39 is 0 Å². The number of likely N-dealkylation sites (N-methyl/N-ethyl adjacent to an activating group) is 1. The zero-order valence-corrected chi connectivity index (χ0v) is 14.5. The van der Waals surface area contributed by atoms with Gasteiger partial charge in [0.1, 0.15) is 0 Å². The van der Waals surface area contributed by atoms with Crippen molar-refractivity contribution in [3.63, 3.8) is 0 Å². The number of hydrogen-bond acceptors (Lipinski definition) is 5. The molecule has 6 nitrogen and oxygen atoms in total. The van der Waals surface area contributed by atoms with Gasteiger partial charge in [0.15, 0.2) is 5.82 Å². The van der Waals surface area contributed by atoms with Gasteiger partial charge < -0.3 is 14.7 Å². The number of aromatic nitrogens is 2. The molecule has 0 aromatic carbocycles. The van der Waals surface area contributed by atoms with E-state index in [9.17, 15) is 4.79 Å². The Kier molecular flexibility index (Phi) is 7.82. The SMILES string of the molecule is CCCC(=O)N1CCCC(c2nc(CC(C)NC)no2)C1.Cl. The second-order valence-electron chi connectivity index (χ2n) is 5.87. The number of amides is 1. The van der Waals surface area contributed by atoms with Gasteiger partial charge in [-0.2, -0.15) is 4.98 Å². The summed E-state index contributed by atoms with van der Waals surface area (Å²) in [4.78, 5) is 18.5. The molecule has 1 aromatic heterocycles. The van der Waals surface area contributed by atoms with Crippen LogP contribution in [0.1, 0.15) is 57.2 Å². The third kappa shape index (κ3) is 4.95. The standard InChI is InChI=1S/C15H26N4O2.ClH/c1-4-6-14(20)19-8-5-7-12(10-19)15-17-13(18-21-15)9-11(2)16-3;/h11-12,16H,4-10H2,1-3H3;1H. The smallest absolute Gasteiger partial charge is 0.231 e. The van der Waals surface area contributed by atoms with Crippen molar-refractivity contribution < 1.29 is 9.32 Å². The first-order valence-electron chi connectivity index (χ1n) is 7.91. The Labute approximate surface area is 138 Å². The Balaban J connectivity index is 0.00000242. The zero-order chi connectivity index (χ0) is 15.2. The molecule has 7 heteroatoms. The highest BCUT2D eigenvalue weighted by molar-refractivity contribution is 5.85. The van der Waals surface area contributed by atoms with Gasteiger partial charge in [0.25, 0.3) is 0 Å². The van der Waals surface area contributed by atoms with Crippen LogP contribution in [0.4, 0.5) is 0 Å². The predicted molar refractivity (Wildman–Crippen MR) is 87.2 cm³/mol. The average molecular weight is 331 g/mol. The maximum Gasteiger partial charge on any atom is 0.231 e. The maximum atomic E-state index is 12.0. The van der Waals surface area contributed by atoms with Crippen LogP contribution < -0.4 is 5.32 Å². The largest absolute Gasteiger partial charge is 0.342 e. The second-order valence-corrected chi connectivity index (χ2v) is 5.87. The fourth-order valence-corrected chi connectivity index (χ4v) is 2.67. The minimum Gasteiger partial charge on any atom is -0.342 e. The van der Waals surface area contributed by atoms with E-state index in [2.05, 4.69) is 22.4 Å². The molecular formula is C15H27ClN4O2. The quantitative estimate of drug-likeness (QED) is 0.865. The molecule has 0 bridgehead atoms. The molecule has 1 saturated heterocycles. The molecular weight excluding hydrogens is 304 g/mol. The van der Waals surface area contributed by atoms with E-state index in [0.717, 1.165) is 38.1 Å². The Hall–Kier alpha value is -1.14. The first kappa shape index (κ1) is 18.9. The molecule has 1 aliphatic heterocycles. The van der Waals surface area contributed by atoms with E-state index >= 15 is 0 Å². The van der Waals surface area contributed by atoms with Crippen LogP contribution in [0.5, 0.6) is 0 Å². The molecule has 1 N–H and O–H groups in total. The van der Waals surface area contributed by atoms with Crippen LogP contribution in [0.2, 0.25) is 0 Å². The second kappa shape index (κ2) is 9.10. The molecule has 2 unspecified atom stereocenters. The third-order valence-corrected chi connectivity index (χ3v) is 4.05. The van der Waals surface area contributed by atoms with Crippen molar-refractivity contribution in [3.8, 4) is 0 Å². The summed E-state index contributed by atoms with van der Waals surface area (Å²) in [5.74, 6) is 1.85. The van der Waals surface area contributed by atoms with Crippen molar-refractivity contribution in [2.45, 2.75) is 57.9 Å². The molecule has 22 heavy (non-hydrogen) atoms. The van der Waals surface area contributed by atoms with Crippen LogP contribution >= 0.6 is 12.4 Å². The van der Waals surface area contributed by atoms with Gasteiger partial charge in [0.05, 0.1) is 5.92 Å². The van der Waals surface area contributed by atoms with Crippen LogP contribution in [0, 0.1) is 0 Å². The number of nitrogens with zero attached hydrogens (tertiary/aromatic N) is 3. The van der Waals surface area contributed by atoms with Crippen LogP contribution in [0.15, 0.2) is 4.52 Å². The summed E-state index contributed by atoms with van der Waals surface area (Å²) in [5.41, 5.74) is 0. The van der Waals surface area contributed by atoms with Gasteiger partial charge in [-0.05, 0) is 33.2 Å². The summed E-state index contributed by atoms with van der Waals surface area (Å²) in [6.07, 6.45) is 4.29. The van der Waals surface area contributed by atoms with Crippen molar-refractivity contribution in [2.24, 2.45) is 0 Å². The highest BCUT2D eigenvalue weighted by Crippen LogP contribution is 2.26. The molecule has 0 spiro atoms. The lowest BCUT2D eigenvalue weighted by Gasteiger charge is -2.31. The molecule has 1 amide bonds. The fraction of sp³-hybridized carbons (Fsp3) is 0.800. The third-order valence-electron chi connectivity index (χ3n) is 4.05. The topological polar surface area (TPSA) is 71.3 Å². The molecule has 2 rings (SSSR count). The summed E-state index contributed by atoms with van der Waals surface area (Å²) in [6.45, 7) is 5.68. The van der Waals surface area contributed by atoms with Gasteiger partial charge in [-0.25, -0.2) is 0 Å². The number of likely N-dealkylation sites (tertiary alicyclic amines) is 1. The number of carbonyl (C=O) groups excluding carboxylic acids is 1. The van der Waals surface area contributed by atoms with E-state index in [1.54, 1.807) is 0 Å². The van der Waals surface area contributed by atoms with Crippen molar-refractivity contribution in [2.75, 3.05) is 20.1 Å². The monoisotopic (exact) mass is 330 g/mol. The Morgan fingerprint density at radius 2 is 2.32 bits per heavy atom. The zero-order valence-electron chi connectivity index (χ0n) is 13.7. The Morgan fingerprint density at radius 3 is 3.00 bits per heavy atom. The molecule has 0 radical (unpaired) electrons. The van der Waals surface area contributed by atoms with Crippen LogP contribution in [0.3, 0.4) is 0 Å². The molecule has 2 heterocycles. The summed E-state index contributed by atoms with van der Waals surface area (Å²) in [6, 6.07) is 0.324. The number of nitrogens with one attached hydrogen (secondary N) is 1. The van der Waals surface area contributed by atoms with Gasteiger partial charge in [0.2, 0.25) is 11.8 Å². The lowest BCUT2D eigenvalue weighted by atomic mass is 9.97. The normalized spacial score (nSPS) is 19.6. The lowest BCUT2D eigenvalue weighted by molar-refractivity contribution is -0.132. The average Bonchev–Trinajstić information content (AvgIpc) is 2.96. The van der Waals surface area contributed by atoms with Gasteiger partial charge in [-0.15, -0.1) is 12.4 Å². The van der Waals surface area contributed by atoms with E-state index in [1.165, 1.54) is 0 Å². The van der Waals surface area contributed by atoms with Crippen LogP contribution in [-0.2, 0) is 11.2 Å². The lowest BCUT2D eigenvalue weighted by Crippen LogP contribution is -2.39. The number of carbonyl (C=O) groups is 1. The predicted octanol–water partition coefficient (Wildman–Crippen LogP) is 2.15. The van der Waals surface area contributed by atoms with Gasteiger partial charge in [-0.3, -0.25) is 4.79 Å². The summed E-state index contributed by atoms with van der Waals surface area (Å²) in [5, 5.41) is 7.22. The minimum absolute atomic E-state index is 0. The fourth-order valence-electron chi connectivity index (χ4n) is 2.67. The molecule has 1 fully saturated rings. The summed E-state index contributed by atoms with van der Waals surface area (Å²) >= 11 is 0. The molecule has 0 saturated carbocycles. The van der Waals surface area contributed by atoms with E-state index in [-0.39, 0.29) is 24.2 Å². The highest BCUT2D eigenvalue weighted by Gasteiger charge is 2.28. The van der Waals surface area contributed by atoms with Crippen molar-refractivity contribution in [1.29, 1.82) is 0 Å². The van der Waals surface area contributed by atoms with Crippen molar-refractivity contribution >= 4 is 18.3 Å². The van der Waals surface area contributed by atoms with Crippen molar-refractivity contribution in [3.05, 3.63) is 11.7 Å². The van der Waals surface area contributed by atoms with E-state index in [0.29, 0.717) is 24.9 Å². The van der Waals surface area contributed by atoms with Gasteiger partial charge >= 0.3 is 0 Å². The first-order chi connectivity index (χ1) is 10.1. The van der Waals surface area contributed by atoms with Crippen molar-refractivity contribution in [1.82, 2.24) is 20.4 Å². The molecule has 0 aliphatic carbocycles. The van der Waals surface area contributed by atoms with Gasteiger partial charge in [-0.1, -0.05) is 12.1 Å². The highest BCUT2D eigenvalue weighted by atomic mass is 35.5.